The van der Waals surface area contributed by atoms with E-state index in [9.17, 15) is 10.2 Å². The van der Waals surface area contributed by atoms with Crippen molar-refractivity contribution in [3.63, 3.8) is 0 Å². The summed E-state index contributed by atoms with van der Waals surface area (Å²) in [5.41, 5.74) is 0.818. The topological polar surface area (TPSA) is 56.6 Å². The first kappa shape index (κ1) is 10.4. The van der Waals surface area contributed by atoms with Gasteiger partial charge in [0.05, 0.1) is 12.2 Å². The van der Waals surface area contributed by atoms with Crippen LogP contribution in [-0.4, -0.2) is 34.4 Å². The molecule has 1 unspecified atom stereocenters. The van der Waals surface area contributed by atoms with Crippen molar-refractivity contribution in [3.8, 4) is 0 Å². The highest BCUT2D eigenvalue weighted by Gasteiger charge is 2.21. The first-order valence-corrected chi connectivity index (χ1v) is 5.24. The number of hydrogen-bond acceptors (Lipinski definition) is 4. The van der Waals surface area contributed by atoms with E-state index < -0.39 is 6.10 Å². The largest absolute Gasteiger partial charge is 0.391 e. The van der Waals surface area contributed by atoms with Crippen LogP contribution in [-0.2, 0) is 0 Å². The number of anilines is 1. The third kappa shape index (κ3) is 2.27. The average molecular weight is 208 g/mol. The summed E-state index contributed by atoms with van der Waals surface area (Å²) in [7, 11) is 0. The summed E-state index contributed by atoms with van der Waals surface area (Å²) < 4.78 is 0. The molecule has 0 spiro atoms. The van der Waals surface area contributed by atoms with Gasteiger partial charge >= 0.3 is 0 Å². The van der Waals surface area contributed by atoms with Crippen LogP contribution in [0, 0.1) is 0 Å². The van der Waals surface area contributed by atoms with Crippen LogP contribution in [0.1, 0.15) is 25.0 Å². The molecule has 0 bridgehead atoms. The third-order valence-corrected chi connectivity index (χ3v) is 2.74. The molecule has 2 N–H and O–H groups in total. The number of pyridine rings is 1. The molecule has 0 aromatic carbocycles. The van der Waals surface area contributed by atoms with Gasteiger partial charge < -0.3 is 15.1 Å². The number of rotatable bonds is 2. The highest BCUT2D eigenvalue weighted by Crippen LogP contribution is 2.19. The maximum Gasteiger partial charge on any atom is 0.128 e. The highest BCUT2D eigenvalue weighted by atomic mass is 16.3. The summed E-state index contributed by atoms with van der Waals surface area (Å²) in [4.78, 5) is 6.32. The van der Waals surface area contributed by atoms with Crippen LogP contribution in [0.25, 0.3) is 0 Å². The normalized spacial score (nSPS) is 23.1. The smallest absolute Gasteiger partial charge is 0.128 e. The molecule has 1 aliphatic heterocycles. The zero-order valence-electron chi connectivity index (χ0n) is 8.80. The monoisotopic (exact) mass is 208 g/mol. The summed E-state index contributed by atoms with van der Waals surface area (Å²) in [6.07, 6.45) is 1.78. The van der Waals surface area contributed by atoms with Gasteiger partial charge in [0.15, 0.2) is 0 Å². The summed E-state index contributed by atoms with van der Waals surface area (Å²) in [5, 5.41) is 18.7. The lowest BCUT2D eigenvalue weighted by molar-refractivity contribution is 0.197. The average Bonchev–Trinajstić information content (AvgIpc) is 2.65. The van der Waals surface area contributed by atoms with Crippen molar-refractivity contribution in [2.75, 3.05) is 18.0 Å². The fourth-order valence-electron chi connectivity index (χ4n) is 1.78. The van der Waals surface area contributed by atoms with Crippen LogP contribution < -0.4 is 4.90 Å². The second-order valence-corrected chi connectivity index (χ2v) is 4.01. The molecule has 2 atom stereocenters. The molecule has 0 amide bonds. The van der Waals surface area contributed by atoms with Crippen LogP contribution >= 0.6 is 0 Å². The van der Waals surface area contributed by atoms with Crippen molar-refractivity contribution < 1.29 is 10.2 Å². The summed E-state index contributed by atoms with van der Waals surface area (Å²) in [6, 6.07) is 3.76. The van der Waals surface area contributed by atoms with E-state index in [4.69, 9.17) is 0 Å². The van der Waals surface area contributed by atoms with E-state index in [1.807, 2.05) is 12.1 Å². The Labute approximate surface area is 89.2 Å². The summed E-state index contributed by atoms with van der Waals surface area (Å²) in [5.74, 6) is 0.871. The number of nitrogens with zero attached hydrogens (tertiary/aromatic N) is 2. The first-order valence-electron chi connectivity index (χ1n) is 5.24. The molecule has 4 heteroatoms. The Morgan fingerprint density at radius 1 is 1.53 bits per heavy atom. The van der Waals surface area contributed by atoms with Crippen LogP contribution in [0.4, 0.5) is 5.82 Å². The van der Waals surface area contributed by atoms with E-state index in [1.165, 1.54) is 0 Å². The van der Waals surface area contributed by atoms with Gasteiger partial charge in [-0.1, -0.05) is 6.07 Å². The Kier molecular flexibility index (Phi) is 2.88. The molecule has 82 valence electrons. The molecular weight excluding hydrogens is 192 g/mol. The van der Waals surface area contributed by atoms with E-state index in [0.29, 0.717) is 6.54 Å². The summed E-state index contributed by atoms with van der Waals surface area (Å²) >= 11 is 0. The van der Waals surface area contributed by atoms with Gasteiger partial charge in [0.25, 0.3) is 0 Å². The number of β-amino-alcohol motifs (C(OH)–C–C–N with tert-alkyl or cyclic N) is 1. The molecule has 15 heavy (non-hydrogen) atoms. The lowest BCUT2D eigenvalue weighted by Gasteiger charge is -2.16. The molecule has 0 radical (unpaired) electrons. The zero-order chi connectivity index (χ0) is 10.8. The van der Waals surface area contributed by atoms with Crippen molar-refractivity contribution in [2.45, 2.75) is 25.6 Å². The maximum atomic E-state index is 9.39. The van der Waals surface area contributed by atoms with Crippen LogP contribution in [0.15, 0.2) is 18.3 Å². The Balaban J connectivity index is 2.10. The second kappa shape index (κ2) is 4.16. The lowest BCUT2D eigenvalue weighted by atomic mass is 10.2. The lowest BCUT2D eigenvalue weighted by Crippen LogP contribution is -2.22. The van der Waals surface area contributed by atoms with Gasteiger partial charge in [-0.15, -0.1) is 0 Å². The van der Waals surface area contributed by atoms with E-state index in [1.54, 1.807) is 13.1 Å². The predicted molar refractivity (Wildman–Crippen MR) is 57.7 cm³/mol. The Bertz CT molecular complexity index is 324. The van der Waals surface area contributed by atoms with Crippen molar-refractivity contribution in [1.82, 2.24) is 4.98 Å². The molecule has 0 aliphatic carbocycles. The van der Waals surface area contributed by atoms with Gasteiger partial charge in [-0.2, -0.15) is 0 Å². The molecule has 2 heterocycles. The first-order chi connectivity index (χ1) is 7.16. The van der Waals surface area contributed by atoms with Crippen molar-refractivity contribution in [2.24, 2.45) is 0 Å². The summed E-state index contributed by atoms with van der Waals surface area (Å²) in [6.45, 7) is 3.22. The molecule has 0 saturated carbocycles. The van der Waals surface area contributed by atoms with E-state index in [2.05, 4.69) is 9.88 Å². The standard InChI is InChI=1S/C11H16N2O2/c1-8(14)9-2-3-11(12-6-9)13-5-4-10(15)7-13/h2-3,6,8,10,14-15H,4-5,7H2,1H3/t8-,10?/m0/s1. The Morgan fingerprint density at radius 3 is 2.80 bits per heavy atom. The highest BCUT2D eigenvalue weighted by molar-refractivity contribution is 5.40. The van der Waals surface area contributed by atoms with Crippen molar-refractivity contribution in [1.29, 1.82) is 0 Å². The minimum absolute atomic E-state index is 0.233. The molecule has 1 fully saturated rings. The molecular formula is C11H16N2O2. The van der Waals surface area contributed by atoms with Gasteiger partial charge in [-0.25, -0.2) is 4.98 Å². The molecule has 4 nitrogen and oxygen atoms in total. The van der Waals surface area contributed by atoms with Crippen molar-refractivity contribution in [3.05, 3.63) is 23.9 Å². The third-order valence-electron chi connectivity index (χ3n) is 2.74. The quantitative estimate of drug-likeness (QED) is 0.751. The van der Waals surface area contributed by atoms with Crippen molar-refractivity contribution >= 4 is 5.82 Å². The fourth-order valence-corrected chi connectivity index (χ4v) is 1.78. The number of aliphatic hydroxyl groups is 2. The number of aliphatic hydroxyl groups excluding tert-OH is 2. The minimum Gasteiger partial charge on any atom is -0.391 e. The van der Waals surface area contributed by atoms with Crippen LogP contribution in [0.3, 0.4) is 0 Å². The zero-order valence-corrected chi connectivity index (χ0v) is 8.80. The number of hydrogen-bond donors (Lipinski definition) is 2. The Morgan fingerprint density at radius 2 is 2.33 bits per heavy atom. The van der Waals surface area contributed by atoms with Crippen LogP contribution in [0.5, 0.6) is 0 Å². The van der Waals surface area contributed by atoms with E-state index >= 15 is 0 Å². The van der Waals surface area contributed by atoms with Gasteiger partial charge in [0, 0.05) is 19.3 Å². The molecule has 1 aromatic rings. The van der Waals surface area contributed by atoms with Gasteiger partial charge in [0.1, 0.15) is 5.82 Å². The van der Waals surface area contributed by atoms with Crippen LogP contribution in [0.2, 0.25) is 0 Å². The van der Waals surface area contributed by atoms with Gasteiger partial charge in [-0.05, 0) is 25.0 Å². The van der Waals surface area contributed by atoms with Gasteiger partial charge in [0.2, 0.25) is 0 Å². The number of aromatic nitrogens is 1. The maximum absolute atomic E-state index is 9.39. The molecule has 1 aromatic heterocycles. The predicted octanol–water partition coefficient (Wildman–Crippen LogP) is 0.706. The fraction of sp³-hybridized carbons (Fsp3) is 0.545. The molecule has 1 aliphatic rings. The van der Waals surface area contributed by atoms with E-state index in [-0.39, 0.29) is 6.10 Å². The van der Waals surface area contributed by atoms with E-state index in [0.717, 1.165) is 24.3 Å². The molecule has 2 rings (SSSR count). The second-order valence-electron chi connectivity index (χ2n) is 4.01. The SMILES string of the molecule is C[C@H](O)c1ccc(N2CCC(O)C2)nc1. The minimum atomic E-state index is -0.476. The van der Waals surface area contributed by atoms with Gasteiger partial charge in [-0.3, -0.25) is 0 Å². The molecule has 1 saturated heterocycles. The Hall–Kier alpha value is -1.13.